The summed E-state index contributed by atoms with van der Waals surface area (Å²) in [6.45, 7) is 1.74. The quantitative estimate of drug-likeness (QED) is 0.800. The van der Waals surface area contributed by atoms with Gasteiger partial charge in [0.25, 0.3) is 5.91 Å². The first-order valence-corrected chi connectivity index (χ1v) is 8.63. The predicted octanol–water partition coefficient (Wildman–Crippen LogP) is 2.41. The van der Waals surface area contributed by atoms with Crippen LogP contribution >= 0.6 is 0 Å². The molecular weight excluding hydrogens is 365 g/mol. The van der Waals surface area contributed by atoms with Crippen molar-refractivity contribution in [2.75, 3.05) is 26.2 Å². The Labute approximate surface area is 152 Å². The van der Waals surface area contributed by atoms with Crippen molar-refractivity contribution in [2.45, 2.75) is 25.1 Å². The molecule has 2 amide bonds. The number of carbonyl (C=O) groups excluding carboxylic acids is 2. The lowest BCUT2D eigenvalue weighted by atomic mass is 10.0. The van der Waals surface area contributed by atoms with E-state index in [1.54, 1.807) is 9.80 Å². The maximum atomic E-state index is 13.1. The average Bonchev–Trinajstić information content (AvgIpc) is 3.26. The number of nitrogens with zero attached hydrogens (tertiary/aromatic N) is 4. The second-order valence-electron chi connectivity index (χ2n) is 6.61. The highest BCUT2D eigenvalue weighted by Crippen LogP contribution is 2.30. The molecule has 0 unspecified atom stereocenters. The molecule has 144 valence electrons. The molecule has 27 heavy (non-hydrogen) atoms. The number of carbonyl (C=O) groups is 2. The molecule has 0 aliphatic carbocycles. The third-order valence-electron chi connectivity index (χ3n) is 4.98. The van der Waals surface area contributed by atoms with E-state index in [1.165, 1.54) is 18.2 Å². The number of alkyl halides is 3. The van der Waals surface area contributed by atoms with Gasteiger partial charge in [0.1, 0.15) is 12.3 Å². The summed E-state index contributed by atoms with van der Waals surface area (Å²) in [5, 5.41) is 3.88. The molecule has 2 aliphatic rings. The fourth-order valence-electron chi connectivity index (χ4n) is 3.61. The number of halogens is 3. The van der Waals surface area contributed by atoms with Crippen LogP contribution in [0.2, 0.25) is 0 Å². The van der Waals surface area contributed by atoms with Gasteiger partial charge in [0.2, 0.25) is 0 Å². The minimum absolute atomic E-state index is 0.0157. The van der Waals surface area contributed by atoms with Crippen LogP contribution in [-0.2, 0) is 10.9 Å². The highest BCUT2D eigenvalue weighted by atomic mass is 19.4. The van der Waals surface area contributed by atoms with Gasteiger partial charge >= 0.3 is 12.3 Å². The van der Waals surface area contributed by atoms with Crippen LogP contribution in [-0.4, -0.2) is 63.7 Å². The van der Waals surface area contributed by atoms with Gasteiger partial charge in [-0.2, -0.15) is 18.3 Å². The van der Waals surface area contributed by atoms with Crippen molar-refractivity contribution >= 4 is 17.5 Å². The highest BCUT2D eigenvalue weighted by Gasteiger charge is 2.36. The molecule has 4 rings (SSSR count). The lowest BCUT2D eigenvalue weighted by Crippen LogP contribution is -2.47. The molecule has 0 bridgehead atoms. The molecule has 10 heteroatoms. The van der Waals surface area contributed by atoms with Crippen molar-refractivity contribution in [1.29, 1.82) is 0 Å². The monoisotopic (exact) mass is 382 g/mol. The van der Waals surface area contributed by atoms with E-state index in [0.717, 1.165) is 10.6 Å². The summed E-state index contributed by atoms with van der Waals surface area (Å²) in [5.74, 6) is -0.408. The first kappa shape index (κ1) is 17.6. The molecule has 2 aromatic heterocycles. The van der Waals surface area contributed by atoms with Gasteiger partial charge in [-0.3, -0.25) is 4.79 Å². The first-order valence-electron chi connectivity index (χ1n) is 8.63. The molecule has 4 heterocycles. The zero-order chi connectivity index (χ0) is 19.2. The van der Waals surface area contributed by atoms with Crippen LogP contribution in [0.3, 0.4) is 0 Å². The summed E-state index contributed by atoms with van der Waals surface area (Å²) in [6.07, 6.45) is -3.70. The number of hydrogen-bond donors (Lipinski definition) is 0. The SMILES string of the molecule is O=C(c1cc2cccc(C(F)(F)F)n2n1)N1CCC(N2CCOC2=O)CC1. The van der Waals surface area contributed by atoms with Crippen LogP contribution in [0.5, 0.6) is 0 Å². The van der Waals surface area contributed by atoms with Crippen molar-refractivity contribution in [1.82, 2.24) is 19.4 Å². The largest absolute Gasteiger partial charge is 0.448 e. The number of piperidine rings is 1. The van der Waals surface area contributed by atoms with E-state index in [9.17, 15) is 22.8 Å². The normalized spacial score (nSPS) is 19.0. The molecule has 0 radical (unpaired) electrons. The van der Waals surface area contributed by atoms with Crippen molar-refractivity contribution in [3.63, 3.8) is 0 Å². The topological polar surface area (TPSA) is 67.2 Å². The molecule has 0 atom stereocenters. The second kappa shape index (κ2) is 6.43. The van der Waals surface area contributed by atoms with Crippen molar-refractivity contribution in [3.8, 4) is 0 Å². The number of likely N-dealkylation sites (tertiary alicyclic amines) is 1. The van der Waals surface area contributed by atoms with E-state index in [-0.39, 0.29) is 23.3 Å². The lowest BCUT2D eigenvalue weighted by Gasteiger charge is -2.35. The van der Waals surface area contributed by atoms with Gasteiger partial charge in [0.15, 0.2) is 5.69 Å². The summed E-state index contributed by atoms with van der Waals surface area (Å²) in [6, 6.07) is 5.07. The van der Waals surface area contributed by atoms with Crippen molar-refractivity contribution in [2.24, 2.45) is 0 Å². The molecule has 2 saturated heterocycles. The molecule has 2 aliphatic heterocycles. The van der Waals surface area contributed by atoms with Gasteiger partial charge in [-0.25, -0.2) is 9.31 Å². The smallest absolute Gasteiger partial charge is 0.433 e. The molecule has 0 aromatic carbocycles. The molecular formula is C17H17F3N4O3. The average molecular weight is 382 g/mol. The number of aromatic nitrogens is 2. The Bertz CT molecular complexity index is 887. The predicted molar refractivity (Wildman–Crippen MR) is 87.2 cm³/mol. The van der Waals surface area contributed by atoms with Crippen LogP contribution in [0.15, 0.2) is 24.3 Å². The number of ether oxygens (including phenoxy) is 1. The van der Waals surface area contributed by atoms with E-state index in [0.29, 0.717) is 39.1 Å². The minimum atomic E-state index is -4.56. The number of cyclic esters (lactones) is 1. The molecule has 7 nitrogen and oxygen atoms in total. The molecule has 2 fully saturated rings. The Morgan fingerprint density at radius 3 is 2.56 bits per heavy atom. The third-order valence-corrected chi connectivity index (χ3v) is 4.98. The van der Waals surface area contributed by atoms with E-state index in [2.05, 4.69) is 5.10 Å². The standard InChI is InChI=1S/C17H17F3N4O3/c18-17(19,20)14-3-1-2-12-10-13(21-24(12)14)15(25)22-6-4-11(5-7-22)23-8-9-27-16(23)26/h1-3,10-11H,4-9H2. The molecule has 2 aromatic rings. The minimum Gasteiger partial charge on any atom is -0.448 e. The van der Waals surface area contributed by atoms with E-state index >= 15 is 0 Å². The Morgan fingerprint density at radius 2 is 1.93 bits per heavy atom. The van der Waals surface area contributed by atoms with E-state index < -0.39 is 17.8 Å². The van der Waals surface area contributed by atoms with Gasteiger partial charge < -0.3 is 14.5 Å². The molecule has 0 saturated carbocycles. The zero-order valence-electron chi connectivity index (χ0n) is 14.3. The number of pyridine rings is 1. The van der Waals surface area contributed by atoms with Crippen LogP contribution in [0.4, 0.5) is 18.0 Å². The van der Waals surface area contributed by atoms with Crippen molar-refractivity contribution < 1.29 is 27.5 Å². The number of fused-ring (bicyclic) bond motifs is 1. The van der Waals surface area contributed by atoms with Gasteiger partial charge in [-0.05, 0) is 31.0 Å². The molecule has 0 spiro atoms. The summed E-state index contributed by atoms with van der Waals surface area (Å²) in [5.41, 5.74) is -0.737. The maximum Gasteiger partial charge on any atom is 0.433 e. The van der Waals surface area contributed by atoms with Crippen LogP contribution < -0.4 is 0 Å². The third kappa shape index (κ3) is 3.19. The lowest BCUT2D eigenvalue weighted by molar-refractivity contribution is -0.142. The van der Waals surface area contributed by atoms with Crippen LogP contribution in [0, 0.1) is 0 Å². The first-order chi connectivity index (χ1) is 12.8. The van der Waals surface area contributed by atoms with Gasteiger partial charge in [-0.1, -0.05) is 6.07 Å². The Morgan fingerprint density at radius 1 is 1.19 bits per heavy atom. The number of hydrogen-bond acceptors (Lipinski definition) is 4. The summed E-state index contributed by atoms with van der Waals surface area (Å²) in [7, 11) is 0. The summed E-state index contributed by atoms with van der Waals surface area (Å²) in [4.78, 5) is 27.6. The van der Waals surface area contributed by atoms with Gasteiger partial charge in [-0.15, -0.1) is 0 Å². The van der Waals surface area contributed by atoms with E-state index in [4.69, 9.17) is 4.74 Å². The Hall–Kier alpha value is -2.78. The van der Waals surface area contributed by atoms with Gasteiger partial charge in [0, 0.05) is 19.1 Å². The number of rotatable bonds is 2. The van der Waals surface area contributed by atoms with Gasteiger partial charge in [0.05, 0.1) is 12.1 Å². The highest BCUT2D eigenvalue weighted by molar-refractivity contribution is 5.93. The fourth-order valence-corrected chi connectivity index (χ4v) is 3.61. The van der Waals surface area contributed by atoms with E-state index in [1.807, 2.05) is 0 Å². The number of amides is 2. The van der Waals surface area contributed by atoms with Crippen LogP contribution in [0.1, 0.15) is 29.0 Å². The zero-order valence-corrected chi connectivity index (χ0v) is 14.3. The Balaban J connectivity index is 1.50. The van der Waals surface area contributed by atoms with Crippen molar-refractivity contribution in [3.05, 3.63) is 35.7 Å². The fraction of sp³-hybridized carbons (Fsp3) is 0.471. The maximum absolute atomic E-state index is 13.1. The Kier molecular flexibility index (Phi) is 4.20. The summed E-state index contributed by atoms with van der Waals surface area (Å²) < 4.78 is 45.0. The summed E-state index contributed by atoms with van der Waals surface area (Å²) >= 11 is 0. The second-order valence-corrected chi connectivity index (χ2v) is 6.61. The van der Waals surface area contributed by atoms with Crippen LogP contribution in [0.25, 0.3) is 5.52 Å². The molecule has 0 N–H and O–H groups in total.